The minimum Gasteiger partial charge on any atom is -0.475 e. The molecule has 0 radical (unpaired) electrons. The Bertz CT molecular complexity index is 533. The Labute approximate surface area is 142 Å². The van der Waals surface area contributed by atoms with Crippen molar-refractivity contribution in [3.63, 3.8) is 0 Å². The number of carbonyl (C=O) groups excluding carboxylic acids is 1. The van der Waals surface area contributed by atoms with Crippen LogP contribution < -0.4 is 15.8 Å². The Hall–Kier alpha value is -1.96. The van der Waals surface area contributed by atoms with Crippen LogP contribution in [0.25, 0.3) is 0 Å². The van der Waals surface area contributed by atoms with Gasteiger partial charge in [0.15, 0.2) is 0 Å². The molecule has 8 heteroatoms. The quantitative estimate of drug-likeness (QED) is 0.769. The number of nitrogens with two attached hydrogens (primary N) is 1. The molecule has 136 valence electrons. The number of alkyl carbamates (subject to hydrolysis) is 1. The van der Waals surface area contributed by atoms with Crippen LogP contribution in [0.5, 0.6) is 5.88 Å². The maximum absolute atomic E-state index is 11.5. The lowest BCUT2D eigenvalue weighted by molar-refractivity contribution is 0.0525. The highest BCUT2D eigenvalue weighted by molar-refractivity contribution is 5.67. The van der Waals surface area contributed by atoms with Crippen LogP contribution in [0.3, 0.4) is 0 Å². The molecule has 0 saturated carbocycles. The van der Waals surface area contributed by atoms with Gasteiger partial charge in [0.2, 0.25) is 0 Å². The number of nitrogen functional groups attached to an aromatic ring is 1. The van der Waals surface area contributed by atoms with E-state index >= 15 is 0 Å². The topological polar surface area (TPSA) is 101 Å². The fraction of sp³-hybridized carbons (Fsp3) is 0.750. The van der Waals surface area contributed by atoms with Crippen molar-refractivity contribution < 1.29 is 19.0 Å². The van der Waals surface area contributed by atoms with Gasteiger partial charge < -0.3 is 25.3 Å². The zero-order valence-corrected chi connectivity index (χ0v) is 14.7. The van der Waals surface area contributed by atoms with E-state index in [-0.39, 0.29) is 0 Å². The summed E-state index contributed by atoms with van der Waals surface area (Å²) >= 11 is 0. The maximum Gasteiger partial charge on any atom is 0.407 e. The third kappa shape index (κ3) is 5.92. The molecule has 2 heterocycles. The van der Waals surface area contributed by atoms with Gasteiger partial charge in [0.05, 0.1) is 18.8 Å². The summed E-state index contributed by atoms with van der Waals surface area (Å²) in [4.78, 5) is 11.5. The lowest BCUT2D eigenvalue weighted by Crippen LogP contribution is -2.33. The number of ether oxygens (including phenoxy) is 3. The van der Waals surface area contributed by atoms with Gasteiger partial charge in [-0.15, -0.1) is 5.10 Å². The van der Waals surface area contributed by atoms with Crippen molar-refractivity contribution in [2.24, 2.45) is 0 Å². The van der Waals surface area contributed by atoms with Crippen LogP contribution in [0.2, 0.25) is 0 Å². The fourth-order valence-corrected chi connectivity index (χ4v) is 2.38. The number of nitrogens with one attached hydrogen (secondary N) is 1. The second-order valence-electron chi connectivity index (χ2n) is 6.84. The van der Waals surface area contributed by atoms with Crippen molar-refractivity contribution in [2.45, 2.75) is 51.7 Å². The Balaban J connectivity index is 1.69. The molecule has 1 aliphatic heterocycles. The summed E-state index contributed by atoms with van der Waals surface area (Å²) in [5.41, 5.74) is 5.99. The van der Waals surface area contributed by atoms with E-state index < -0.39 is 11.7 Å². The molecule has 1 amide bonds. The second kappa shape index (κ2) is 8.23. The largest absolute Gasteiger partial charge is 0.475 e. The average Bonchev–Trinajstić information content (AvgIpc) is 2.87. The third-order valence-corrected chi connectivity index (χ3v) is 3.52. The van der Waals surface area contributed by atoms with E-state index in [0.717, 1.165) is 26.1 Å². The van der Waals surface area contributed by atoms with Gasteiger partial charge in [0, 0.05) is 19.8 Å². The van der Waals surface area contributed by atoms with Gasteiger partial charge in [-0.3, -0.25) is 4.68 Å². The normalized spacial score (nSPS) is 16.0. The monoisotopic (exact) mass is 340 g/mol. The predicted molar refractivity (Wildman–Crippen MR) is 90.1 cm³/mol. The number of hydrogen-bond acceptors (Lipinski definition) is 6. The summed E-state index contributed by atoms with van der Waals surface area (Å²) in [6, 6.07) is 0.312. The number of nitrogens with zero attached hydrogens (tertiary/aromatic N) is 2. The van der Waals surface area contributed by atoms with Crippen molar-refractivity contribution in [3.05, 3.63) is 6.20 Å². The van der Waals surface area contributed by atoms with Gasteiger partial charge in [-0.1, -0.05) is 0 Å². The first-order chi connectivity index (χ1) is 11.3. The third-order valence-electron chi connectivity index (χ3n) is 3.52. The Morgan fingerprint density at radius 1 is 1.46 bits per heavy atom. The molecule has 3 N–H and O–H groups in total. The number of hydrogen-bond donors (Lipinski definition) is 2. The van der Waals surface area contributed by atoms with E-state index in [1.807, 2.05) is 31.6 Å². The smallest absolute Gasteiger partial charge is 0.407 e. The summed E-state index contributed by atoms with van der Waals surface area (Å²) in [7, 11) is 0. The molecule has 24 heavy (non-hydrogen) atoms. The van der Waals surface area contributed by atoms with E-state index in [4.69, 9.17) is 19.9 Å². The lowest BCUT2D eigenvalue weighted by atomic mass is 10.1. The first-order valence-corrected chi connectivity index (χ1v) is 8.37. The van der Waals surface area contributed by atoms with Gasteiger partial charge in [0.1, 0.15) is 11.3 Å². The van der Waals surface area contributed by atoms with Crippen LogP contribution in [0.1, 0.15) is 46.1 Å². The molecule has 1 aromatic heterocycles. The molecule has 8 nitrogen and oxygen atoms in total. The van der Waals surface area contributed by atoms with E-state index in [9.17, 15) is 4.79 Å². The molecule has 0 bridgehead atoms. The Kier molecular flexibility index (Phi) is 6.30. The molecule has 1 aromatic rings. The molecule has 0 unspecified atom stereocenters. The van der Waals surface area contributed by atoms with Gasteiger partial charge in [-0.25, -0.2) is 4.79 Å². The zero-order chi connectivity index (χ0) is 17.6. The van der Waals surface area contributed by atoms with Crippen molar-refractivity contribution in [2.75, 3.05) is 32.1 Å². The predicted octanol–water partition coefficient (Wildman–Crippen LogP) is 2.11. The standard InChI is InChI=1S/C16H28N4O4/c1-16(2,3)24-15(21)18-7-4-8-23-14-13(17)11-20(19-14)12-5-9-22-10-6-12/h11-12H,4-10,17H2,1-3H3,(H,18,21). The molecule has 1 aliphatic rings. The summed E-state index contributed by atoms with van der Waals surface area (Å²) in [6.45, 7) is 7.86. The highest BCUT2D eigenvalue weighted by Crippen LogP contribution is 2.26. The van der Waals surface area contributed by atoms with Crippen LogP contribution in [0.15, 0.2) is 6.20 Å². The molecular formula is C16H28N4O4. The minimum absolute atomic E-state index is 0.312. The van der Waals surface area contributed by atoms with Gasteiger partial charge in [-0.2, -0.15) is 0 Å². The number of carbonyl (C=O) groups is 1. The Morgan fingerprint density at radius 3 is 2.83 bits per heavy atom. The highest BCUT2D eigenvalue weighted by atomic mass is 16.6. The van der Waals surface area contributed by atoms with Crippen LogP contribution in [0, 0.1) is 0 Å². The van der Waals surface area contributed by atoms with E-state index in [2.05, 4.69) is 10.4 Å². The number of aromatic nitrogens is 2. The molecule has 1 fully saturated rings. The maximum atomic E-state index is 11.5. The van der Waals surface area contributed by atoms with Crippen molar-refractivity contribution in [3.8, 4) is 5.88 Å². The summed E-state index contributed by atoms with van der Waals surface area (Å²) in [5.74, 6) is 0.443. The van der Waals surface area contributed by atoms with Crippen LogP contribution in [-0.2, 0) is 9.47 Å². The minimum atomic E-state index is -0.494. The molecule has 0 aliphatic carbocycles. The van der Waals surface area contributed by atoms with Crippen LogP contribution >= 0.6 is 0 Å². The fourth-order valence-electron chi connectivity index (χ4n) is 2.38. The SMILES string of the molecule is CC(C)(C)OC(=O)NCCCOc1nn(C2CCOCC2)cc1N. The van der Waals surface area contributed by atoms with Gasteiger partial charge in [-0.05, 0) is 40.0 Å². The van der Waals surface area contributed by atoms with Gasteiger partial charge >= 0.3 is 6.09 Å². The molecule has 0 spiro atoms. The summed E-state index contributed by atoms with van der Waals surface area (Å²) in [5, 5.41) is 7.10. The average molecular weight is 340 g/mol. The van der Waals surface area contributed by atoms with Crippen molar-refractivity contribution in [1.29, 1.82) is 0 Å². The van der Waals surface area contributed by atoms with Gasteiger partial charge in [0.25, 0.3) is 5.88 Å². The molecule has 0 atom stereocenters. The van der Waals surface area contributed by atoms with Crippen LogP contribution in [-0.4, -0.2) is 47.8 Å². The van der Waals surface area contributed by atoms with E-state index in [1.54, 1.807) is 0 Å². The van der Waals surface area contributed by atoms with Crippen molar-refractivity contribution >= 4 is 11.8 Å². The Morgan fingerprint density at radius 2 is 2.17 bits per heavy atom. The summed E-state index contributed by atoms with van der Waals surface area (Å²) in [6.07, 6.45) is 3.89. The van der Waals surface area contributed by atoms with E-state index in [0.29, 0.717) is 37.2 Å². The van der Waals surface area contributed by atoms with E-state index in [1.165, 1.54) is 0 Å². The van der Waals surface area contributed by atoms with Crippen molar-refractivity contribution in [1.82, 2.24) is 15.1 Å². The number of amides is 1. The highest BCUT2D eigenvalue weighted by Gasteiger charge is 2.19. The molecule has 1 saturated heterocycles. The number of anilines is 1. The first kappa shape index (κ1) is 18.4. The molecule has 2 rings (SSSR count). The molecule has 0 aromatic carbocycles. The first-order valence-electron chi connectivity index (χ1n) is 8.37. The number of rotatable bonds is 6. The summed E-state index contributed by atoms with van der Waals surface area (Å²) < 4.78 is 18.0. The van der Waals surface area contributed by atoms with Crippen LogP contribution in [0.4, 0.5) is 10.5 Å². The molecular weight excluding hydrogens is 312 g/mol. The lowest BCUT2D eigenvalue weighted by Gasteiger charge is -2.22. The second-order valence-corrected chi connectivity index (χ2v) is 6.84. The zero-order valence-electron chi connectivity index (χ0n) is 14.7.